The van der Waals surface area contributed by atoms with Gasteiger partial charge in [-0.1, -0.05) is 11.6 Å². The number of anilines is 2. The Morgan fingerprint density at radius 3 is 2.27 bits per heavy atom. The summed E-state index contributed by atoms with van der Waals surface area (Å²) in [6.07, 6.45) is 0. The number of carbonyl (C=O) groups excluding carboxylic acids is 1. The molecule has 0 radical (unpaired) electrons. The van der Waals surface area contributed by atoms with Gasteiger partial charge in [0, 0.05) is 27.2 Å². The standard InChI is InChI=1S/C23H18ClN3O4S2/c1-31-19-10-4-15(5-11-19)21-14-32-23(25-21)26-22(28)16-2-8-18(9-3-16)27-33(29,30)20-12-6-17(24)7-13-20/h2-14,27H,1H3,(H,25,26,28). The van der Waals surface area contributed by atoms with Gasteiger partial charge in [-0.3, -0.25) is 14.8 Å². The molecule has 4 rings (SSSR count). The number of ether oxygens (including phenoxy) is 1. The molecule has 2 N–H and O–H groups in total. The second-order valence-electron chi connectivity index (χ2n) is 6.86. The predicted octanol–water partition coefficient (Wildman–Crippen LogP) is 5.53. The first-order valence-corrected chi connectivity index (χ1v) is 12.4. The van der Waals surface area contributed by atoms with E-state index in [1.165, 1.54) is 59.9 Å². The van der Waals surface area contributed by atoms with Crippen molar-refractivity contribution in [1.82, 2.24) is 4.98 Å². The van der Waals surface area contributed by atoms with Crippen molar-refractivity contribution in [3.05, 3.63) is 88.8 Å². The molecule has 3 aromatic carbocycles. The SMILES string of the molecule is COc1ccc(-c2csc(NC(=O)c3ccc(NS(=O)(=O)c4ccc(Cl)cc4)cc3)n2)cc1. The van der Waals surface area contributed by atoms with E-state index >= 15 is 0 Å². The van der Waals surface area contributed by atoms with Crippen LogP contribution in [0.3, 0.4) is 0 Å². The molecule has 0 atom stereocenters. The Balaban J connectivity index is 1.41. The van der Waals surface area contributed by atoms with Crippen molar-refractivity contribution in [2.45, 2.75) is 4.90 Å². The number of aromatic nitrogens is 1. The quantitative estimate of drug-likeness (QED) is 0.348. The van der Waals surface area contributed by atoms with Crippen LogP contribution in [-0.2, 0) is 10.0 Å². The summed E-state index contributed by atoms with van der Waals surface area (Å²) in [4.78, 5) is 17.1. The van der Waals surface area contributed by atoms with Crippen molar-refractivity contribution in [1.29, 1.82) is 0 Å². The van der Waals surface area contributed by atoms with Gasteiger partial charge in [0.25, 0.3) is 15.9 Å². The van der Waals surface area contributed by atoms with E-state index in [1.807, 2.05) is 29.6 Å². The molecule has 0 bridgehead atoms. The zero-order valence-electron chi connectivity index (χ0n) is 17.3. The summed E-state index contributed by atoms with van der Waals surface area (Å²) in [5.74, 6) is 0.402. The molecule has 0 unspecified atom stereocenters. The third-order valence-corrected chi connectivity index (χ3v) is 7.04. The van der Waals surface area contributed by atoms with Gasteiger partial charge in [-0.15, -0.1) is 11.3 Å². The Morgan fingerprint density at radius 1 is 0.970 bits per heavy atom. The van der Waals surface area contributed by atoms with Gasteiger partial charge in [-0.25, -0.2) is 13.4 Å². The number of rotatable bonds is 7. The molecular formula is C23H18ClN3O4S2. The molecule has 10 heteroatoms. The lowest BCUT2D eigenvalue weighted by atomic mass is 10.2. The fourth-order valence-corrected chi connectivity index (χ4v) is 4.81. The van der Waals surface area contributed by atoms with Crippen LogP contribution in [0.25, 0.3) is 11.3 Å². The average molecular weight is 500 g/mol. The molecule has 0 aliphatic heterocycles. The first-order valence-electron chi connectivity index (χ1n) is 9.64. The van der Waals surface area contributed by atoms with E-state index in [0.717, 1.165) is 17.0 Å². The van der Waals surface area contributed by atoms with E-state index in [1.54, 1.807) is 7.11 Å². The van der Waals surface area contributed by atoms with Crippen LogP contribution in [0.15, 0.2) is 83.1 Å². The maximum absolute atomic E-state index is 12.6. The highest BCUT2D eigenvalue weighted by Crippen LogP contribution is 2.27. The van der Waals surface area contributed by atoms with Crippen LogP contribution in [0, 0.1) is 0 Å². The molecular weight excluding hydrogens is 482 g/mol. The minimum atomic E-state index is -3.77. The zero-order valence-corrected chi connectivity index (χ0v) is 19.7. The van der Waals surface area contributed by atoms with E-state index < -0.39 is 10.0 Å². The van der Waals surface area contributed by atoms with Gasteiger partial charge in [-0.2, -0.15) is 0 Å². The number of hydrogen-bond acceptors (Lipinski definition) is 6. The van der Waals surface area contributed by atoms with Gasteiger partial charge in [-0.05, 0) is 72.8 Å². The van der Waals surface area contributed by atoms with Crippen molar-refractivity contribution < 1.29 is 17.9 Å². The van der Waals surface area contributed by atoms with Gasteiger partial charge < -0.3 is 4.74 Å². The van der Waals surface area contributed by atoms with Crippen LogP contribution in [0.4, 0.5) is 10.8 Å². The molecule has 168 valence electrons. The van der Waals surface area contributed by atoms with Crippen molar-refractivity contribution in [2.24, 2.45) is 0 Å². The van der Waals surface area contributed by atoms with Crippen LogP contribution in [0.1, 0.15) is 10.4 Å². The number of sulfonamides is 1. The summed E-state index contributed by atoms with van der Waals surface area (Å²) in [5.41, 5.74) is 2.35. The first kappa shape index (κ1) is 22.8. The Bertz CT molecular complexity index is 1370. The first-order chi connectivity index (χ1) is 15.8. The molecule has 4 aromatic rings. The summed E-state index contributed by atoms with van der Waals surface area (Å²) in [7, 11) is -2.16. The monoisotopic (exact) mass is 499 g/mol. The summed E-state index contributed by atoms with van der Waals surface area (Å²) in [6, 6.07) is 19.4. The van der Waals surface area contributed by atoms with Gasteiger partial charge >= 0.3 is 0 Å². The van der Waals surface area contributed by atoms with Gasteiger partial charge in [0.1, 0.15) is 5.75 Å². The largest absolute Gasteiger partial charge is 0.497 e. The van der Waals surface area contributed by atoms with Gasteiger partial charge in [0.15, 0.2) is 5.13 Å². The van der Waals surface area contributed by atoms with Crippen LogP contribution in [0.2, 0.25) is 5.02 Å². The van der Waals surface area contributed by atoms with E-state index in [4.69, 9.17) is 16.3 Å². The molecule has 0 saturated heterocycles. The highest BCUT2D eigenvalue weighted by molar-refractivity contribution is 7.92. The molecule has 1 aromatic heterocycles. The van der Waals surface area contributed by atoms with Gasteiger partial charge in [0.2, 0.25) is 0 Å². The molecule has 0 aliphatic rings. The van der Waals surface area contributed by atoms with E-state index in [-0.39, 0.29) is 10.8 Å². The fraction of sp³-hybridized carbons (Fsp3) is 0.0435. The average Bonchev–Trinajstić information content (AvgIpc) is 3.28. The van der Waals surface area contributed by atoms with Crippen LogP contribution in [-0.4, -0.2) is 26.4 Å². The lowest BCUT2D eigenvalue weighted by molar-refractivity contribution is 0.102. The summed E-state index contributed by atoms with van der Waals surface area (Å²) >= 11 is 7.12. The molecule has 0 saturated carbocycles. The predicted molar refractivity (Wildman–Crippen MR) is 131 cm³/mol. The second kappa shape index (κ2) is 9.62. The number of thiazole rings is 1. The molecule has 1 amide bonds. The Hall–Kier alpha value is -3.40. The van der Waals surface area contributed by atoms with E-state index in [0.29, 0.717) is 21.4 Å². The number of hydrogen-bond donors (Lipinski definition) is 2. The van der Waals surface area contributed by atoms with Crippen LogP contribution >= 0.6 is 22.9 Å². The summed E-state index contributed by atoms with van der Waals surface area (Å²) < 4.78 is 32.6. The smallest absolute Gasteiger partial charge is 0.261 e. The third-order valence-electron chi connectivity index (χ3n) is 4.63. The molecule has 7 nitrogen and oxygen atoms in total. The lowest BCUT2D eigenvalue weighted by Crippen LogP contribution is -2.14. The highest BCUT2D eigenvalue weighted by atomic mass is 35.5. The molecule has 0 fully saturated rings. The molecule has 1 heterocycles. The van der Waals surface area contributed by atoms with Crippen molar-refractivity contribution >= 4 is 49.7 Å². The second-order valence-corrected chi connectivity index (χ2v) is 9.83. The van der Waals surface area contributed by atoms with Crippen molar-refractivity contribution in [3.8, 4) is 17.0 Å². The normalized spacial score (nSPS) is 11.1. The molecule has 33 heavy (non-hydrogen) atoms. The van der Waals surface area contributed by atoms with E-state index in [9.17, 15) is 13.2 Å². The fourth-order valence-electron chi connectivity index (χ4n) is 2.91. The highest BCUT2D eigenvalue weighted by Gasteiger charge is 2.15. The molecule has 0 spiro atoms. The number of methoxy groups -OCH3 is 1. The minimum Gasteiger partial charge on any atom is -0.497 e. The number of benzene rings is 3. The van der Waals surface area contributed by atoms with Crippen molar-refractivity contribution in [2.75, 3.05) is 17.1 Å². The summed E-state index contributed by atoms with van der Waals surface area (Å²) in [5, 5.41) is 5.52. The van der Waals surface area contributed by atoms with E-state index in [2.05, 4.69) is 15.0 Å². The number of halogens is 1. The van der Waals surface area contributed by atoms with Crippen LogP contribution in [0.5, 0.6) is 5.75 Å². The van der Waals surface area contributed by atoms with Gasteiger partial charge in [0.05, 0.1) is 17.7 Å². The number of amides is 1. The maximum atomic E-state index is 12.6. The third kappa shape index (κ3) is 5.51. The zero-order chi connectivity index (χ0) is 23.4. The van der Waals surface area contributed by atoms with Crippen molar-refractivity contribution in [3.63, 3.8) is 0 Å². The number of nitrogens with one attached hydrogen (secondary N) is 2. The Morgan fingerprint density at radius 2 is 1.64 bits per heavy atom. The van der Waals surface area contributed by atoms with Crippen LogP contribution < -0.4 is 14.8 Å². The lowest BCUT2D eigenvalue weighted by Gasteiger charge is -2.09. The topological polar surface area (TPSA) is 97.4 Å². The number of carbonyl (C=O) groups is 1. The Kier molecular flexibility index (Phi) is 6.64. The summed E-state index contributed by atoms with van der Waals surface area (Å²) in [6.45, 7) is 0. The minimum absolute atomic E-state index is 0.0881. The maximum Gasteiger partial charge on any atom is 0.261 e. The number of nitrogens with zero attached hydrogens (tertiary/aromatic N) is 1. The Labute approximate surface area is 200 Å². The molecule has 0 aliphatic carbocycles.